The molecule has 0 spiro atoms. The molecule has 1 aromatic rings. The van der Waals surface area contributed by atoms with E-state index in [-0.39, 0.29) is 11.1 Å². The van der Waals surface area contributed by atoms with Gasteiger partial charge in [-0.2, -0.15) is 4.89 Å². The SMILES string of the molecule is CC(C)(C)OOC(=O)[C@H]1CCCC[C@@H]1NC(=O)C(C)(C)NC(=O)C(C)(C)NC(=O)C(C)(C)N1C(=O)c2ccccc2C1=O. The first-order chi connectivity index (χ1) is 19.7. The molecule has 1 saturated carbocycles. The van der Waals surface area contributed by atoms with E-state index in [1.165, 1.54) is 53.7 Å². The largest absolute Gasteiger partial charge is 0.350 e. The van der Waals surface area contributed by atoms with Crippen molar-refractivity contribution in [3.8, 4) is 0 Å². The van der Waals surface area contributed by atoms with E-state index < -0.39 is 69.7 Å². The highest BCUT2D eigenvalue weighted by atomic mass is 17.2. The molecule has 12 nitrogen and oxygen atoms in total. The van der Waals surface area contributed by atoms with Crippen LogP contribution in [-0.4, -0.2) is 68.7 Å². The Bertz CT molecular complexity index is 1280. The number of carbonyl (C=O) groups is 6. The van der Waals surface area contributed by atoms with Crippen LogP contribution in [0.25, 0.3) is 0 Å². The van der Waals surface area contributed by atoms with Gasteiger partial charge in [0.15, 0.2) is 0 Å². The Hall–Kier alpha value is -3.80. The maximum atomic E-state index is 13.4. The molecule has 2 aliphatic rings. The highest BCUT2D eigenvalue weighted by Crippen LogP contribution is 2.30. The number of carbonyl (C=O) groups excluding carboxylic acids is 6. The van der Waals surface area contributed by atoms with Gasteiger partial charge >= 0.3 is 5.97 Å². The Morgan fingerprint density at radius 2 is 1.23 bits per heavy atom. The van der Waals surface area contributed by atoms with Crippen LogP contribution < -0.4 is 16.0 Å². The molecule has 1 aliphatic carbocycles. The van der Waals surface area contributed by atoms with Crippen molar-refractivity contribution >= 4 is 35.5 Å². The number of imide groups is 1. The number of nitrogens with zero attached hydrogens (tertiary/aromatic N) is 1. The van der Waals surface area contributed by atoms with Crippen LogP contribution in [0, 0.1) is 5.92 Å². The van der Waals surface area contributed by atoms with Crippen molar-refractivity contribution in [1.29, 1.82) is 0 Å². The van der Waals surface area contributed by atoms with E-state index in [9.17, 15) is 28.8 Å². The molecule has 0 aromatic heterocycles. The summed E-state index contributed by atoms with van der Waals surface area (Å²) in [4.78, 5) is 90.0. The Morgan fingerprint density at radius 3 is 1.77 bits per heavy atom. The van der Waals surface area contributed by atoms with Gasteiger partial charge < -0.3 is 16.0 Å². The summed E-state index contributed by atoms with van der Waals surface area (Å²) in [7, 11) is 0. The van der Waals surface area contributed by atoms with Gasteiger partial charge in [0.05, 0.1) is 17.0 Å². The lowest BCUT2D eigenvalue weighted by molar-refractivity contribution is -0.324. The van der Waals surface area contributed by atoms with E-state index in [2.05, 4.69) is 16.0 Å². The number of hydrogen-bond acceptors (Lipinski definition) is 8. The normalized spacial score (nSPS) is 19.4. The standard InChI is InChI=1S/C31H44N4O8/c1-28(2,3)43-42-24(38)20-16-12-13-17-21(20)32-25(39)29(4,5)33-26(40)30(6,7)34-27(41)31(8,9)35-22(36)18-14-10-11-15-19(18)23(35)37/h10-11,14-15,20-21H,12-13,16-17H2,1-9H3,(H,32,39)(H,33,40)(H,34,41)/t20-,21-/m0/s1. The molecule has 2 atom stereocenters. The van der Waals surface area contributed by atoms with Crippen molar-refractivity contribution in [2.45, 2.75) is 116 Å². The zero-order valence-corrected chi connectivity index (χ0v) is 26.5. The lowest BCUT2D eigenvalue weighted by atomic mass is 9.84. The lowest BCUT2D eigenvalue weighted by Crippen LogP contribution is -2.67. The molecule has 0 radical (unpaired) electrons. The topological polar surface area (TPSA) is 160 Å². The van der Waals surface area contributed by atoms with E-state index in [0.29, 0.717) is 12.8 Å². The van der Waals surface area contributed by atoms with Crippen LogP contribution in [0.5, 0.6) is 0 Å². The average molecular weight is 601 g/mol. The van der Waals surface area contributed by atoms with Crippen molar-refractivity contribution < 1.29 is 38.5 Å². The van der Waals surface area contributed by atoms with E-state index in [1.807, 2.05) is 0 Å². The van der Waals surface area contributed by atoms with E-state index >= 15 is 0 Å². The first-order valence-electron chi connectivity index (χ1n) is 14.5. The van der Waals surface area contributed by atoms with Crippen LogP contribution in [0.15, 0.2) is 24.3 Å². The summed E-state index contributed by atoms with van der Waals surface area (Å²) in [6.07, 6.45) is 2.68. The van der Waals surface area contributed by atoms with Crippen LogP contribution in [0.4, 0.5) is 0 Å². The number of rotatable bonds is 9. The van der Waals surface area contributed by atoms with Gasteiger partial charge in [-0.25, -0.2) is 4.79 Å². The molecule has 1 aromatic carbocycles. The second-order valence-corrected chi connectivity index (χ2v) is 13.8. The molecule has 5 amide bonds. The number of benzene rings is 1. The Balaban J connectivity index is 1.65. The number of fused-ring (bicyclic) bond motifs is 1. The molecule has 3 rings (SSSR count). The van der Waals surface area contributed by atoms with Gasteiger partial charge in [0.2, 0.25) is 17.7 Å². The Kier molecular flexibility index (Phi) is 9.45. The zero-order chi connectivity index (χ0) is 32.5. The third kappa shape index (κ3) is 7.41. The summed E-state index contributed by atoms with van der Waals surface area (Å²) in [5.41, 5.74) is -4.87. The summed E-state index contributed by atoms with van der Waals surface area (Å²) in [5, 5.41) is 8.19. The zero-order valence-electron chi connectivity index (χ0n) is 26.5. The quantitative estimate of drug-likeness (QED) is 0.222. The Morgan fingerprint density at radius 1 is 0.744 bits per heavy atom. The summed E-state index contributed by atoms with van der Waals surface area (Å²) in [6, 6.07) is 5.79. The van der Waals surface area contributed by atoms with Crippen molar-refractivity contribution in [2.75, 3.05) is 0 Å². The Labute approximate surface area is 252 Å². The third-order valence-corrected chi connectivity index (χ3v) is 7.66. The molecule has 1 aliphatic heterocycles. The highest BCUT2D eigenvalue weighted by molar-refractivity contribution is 6.23. The van der Waals surface area contributed by atoms with Gasteiger partial charge in [-0.3, -0.25) is 33.8 Å². The molecule has 12 heteroatoms. The number of amides is 5. The van der Waals surface area contributed by atoms with Gasteiger partial charge in [-0.05, 0) is 87.3 Å². The van der Waals surface area contributed by atoms with Gasteiger partial charge in [0, 0.05) is 6.04 Å². The second-order valence-electron chi connectivity index (χ2n) is 13.8. The van der Waals surface area contributed by atoms with Crippen LogP contribution >= 0.6 is 0 Å². The van der Waals surface area contributed by atoms with Gasteiger partial charge in [-0.1, -0.05) is 25.0 Å². The minimum absolute atomic E-state index is 0.202. The molecule has 0 unspecified atom stereocenters. The molecule has 1 fully saturated rings. The van der Waals surface area contributed by atoms with Crippen LogP contribution in [0.1, 0.15) is 109 Å². The smallest absolute Gasteiger partial charge is 0.347 e. The van der Waals surface area contributed by atoms with Crippen molar-refractivity contribution in [1.82, 2.24) is 20.9 Å². The molecular formula is C31H44N4O8. The number of nitrogens with one attached hydrogen (secondary N) is 3. The molecule has 0 saturated heterocycles. The fraction of sp³-hybridized carbons (Fsp3) is 0.613. The van der Waals surface area contributed by atoms with E-state index in [4.69, 9.17) is 9.78 Å². The molecule has 43 heavy (non-hydrogen) atoms. The highest BCUT2D eigenvalue weighted by Gasteiger charge is 2.49. The van der Waals surface area contributed by atoms with Crippen LogP contribution in [-0.2, 0) is 29.0 Å². The molecule has 0 bridgehead atoms. The fourth-order valence-corrected chi connectivity index (χ4v) is 4.95. The van der Waals surface area contributed by atoms with E-state index in [0.717, 1.165) is 17.7 Å². The molecule has 236 valence electrons. The van der Waals surface area contributed by atoms with Crippen LogP contribution in [0.3, 0.4) is 0 Å². The lowest BCUT2D eigenvalue weighted by Gasteiger charge is -2.38. The monoisotopic (exact) mass is 600 g/mol. The maximum absolute atomic E-state index is 13.4. The predicted octanol–water partition coefficient (Wildman–Crippen LogP) is 2.80. The first-order valence-corrected chi connectivity index (χ1v) is 14.5. The predicted molar refractivity (Wildman–Crippen MR) is 156 cm³/mol. The maximum Gasteiger partial charge on any atom is 0.347 e. The third-order valence-electron chi connectivity index (χ3n) is 7.66. The minimum atomic E-state index is -1.63. The van der Waals surface area contributed by atoms with Gasteiger partial charge in [-0.15, -0.1) is 0 Å². The van der Waals surface area contributed by atoms with Gasteiger partial charge in [0.25, 0.3) is 11.8 Å². The molecule has 1 heterocycles. The molecule has 3 N–H and O–H groups in total. The van der Waals surface area contributed by atoms with E-state index in [1.54, 1.807) is 32.9 Å². The summed E-state index contributed by atoms with van der Waals surface area (Å²) in [5.74, 6) is -4.29. The van der Waals surface area contributed by atoms with Crippen molar-refractivity contribution in [3.05, 3.63) is 35.4 Å². The summed E-state index contributed by atoms with van der Waals surface area (Å²) >= 11 is 0. The second kappa shape index (κ2) is 12.1. The fourth-order valence-electron chi connectivity index (χ4n) is 4.95. The number of hydrogen-bond donors (Lipinski definition) is 3. The van der Waals surface area contributed by atoms with Crippen LogP contribution in [0.2, 0.25) is 0 Å². The first kappa shape index (κ1) is 33.7. The van der Waals surface area contributed by atoms with Crippen molar-refractivity contribution in [3.63, 3.8) is 0 Å². The van der Waals surface area contributed by atoms with Crippen molar-refractivity contribution in [2.24, 2.45) is 5.92 Å². The summed E-state index contributed by atoms with van der Waals surface area (Å²) < 4.78 is 0. The van der Waals surface area contributed by atoms with Gasteiger partial charge in [0.1, 0.15) is 22.2 Å². The average Bonchev–Trinajstić information content (AvgIpc) is 3.16. The summed E-state index contributed by atoms with van der Waals surface area (Å²) in [6.45, 7) is 14.0. The molecular weight excluding hydrogens is 556 g/mol. The minimum Gasteiger partial charge on any atom is -0.350 e.